The Balaban J connectivity index is 1.51. The number of esters is 1. The van der Waals surface area contributed by atoms with Crippen LogP contribution in [0.2, 0.25) is 5.15 Å². The summed E-state index contributed by atoms with van der Waals surface area (Å²) in [5.74, 6) is 0.247. The average molecular weight is 443 g/mol. The number of rotatable bonds is 4. The lowest BCUT2D eigenvalue weighted by Crippen LogP contribution is -2.41. The number of sulfonamides is 1. The van der Waals surface area contributed by atoms with Crippen LogP contribution in [-0.2, 0) is 19.6 Å². The third-order valence-electron chi connectivity index (χ3n) is 6.31. The molecule has 1 saturated carbocycles. The van der Waals surface area contributed by atoms with Gasteiger partial charge < -0.3 is 4.74 Å². The summed E-state index contributed by atoms with van der Waals surface area (Å²) in [6, 6.07) is 3.01. The Bertz CT molecular complexity index is 821. The Morgan fingerprint density at radius 1 is 1.14 bits per heavy atom. The van der Waals surface area contributed by atoms with E-state index < -0.39 is 10.0 Å². The van der Waals surface area contributed by atoms with Crippen LogP contribution in [0.5, 0.6) is 0 Å². The van der Waals surface area contributed by atoms with Crippen LogP contribution < -0.4 is 0 Å². The highest BCUT2D eigenvalue weighted by molar-refractivity contribution is 7.89. The summed E-state index contributed by atoms with van der Waals surface area (Å²) in [5, 5.41) is -0.0279. The Labute approximate surface area is 179 Å². The first-order valence-corrected chi connectivity index (χ1v) is 12.2. The highest BCUT2D eigenvalue weighted by Gasteiger charge is 2.36. The van der Waals surface area contributed by atoms with Gasteiger partial charge in [-0.05, 0) is 62.0 Å². The molecule has 3 rings (SSSR count). The lowest BCUT2D eigenvalue weighted by Gasteiger charge is -2.37. The molecule has 6 nitrogen and oxygen atoms in total. The summed E-state index contributed by atoms with van der Waals surface area (Å²) in [5.41, 5.74) is 0.296. The molecule has 0 atom stereocenters. The largest absolute Gasteiger partial charge is 0.462 e. The molecule has 2 heterocycles. The van der Waals surface area contributed by atoms with Crippen LogP contribution >= 0.6 is 11.6 Å². The first-order chi connectivity index (χ1) is 13.6. The molecule has 0 radical (unpaired) electrons. The number of hydrogen-bond donors (Lipinski definition) is 0. The van der Waals surface area contributed by atoms with Crippen LogP contribution in [0.25, 0.3) is 0 Å². The van der Waals surface area contributed by atoms with Gasteiger partial charge in [0.2, 0.25) is 10.0 Å². The molecule has 2 aliphatic rings. The molecule has 1 aromatic rings. The molecular weight excluding hydrogens is 412 g/mol. The summed E-state index contributed by atoms with van der Waals surface area (Å²) in [4.78, 5) is 16.5. The predicted molar refractivity (Wildman–Crippen MR) is 112 cm³/mol. The number of pyridine rings is 1. The topological polar surface area (TPSA) is 76.6 Å². The maximum absolute atomic E-state index is 12.8. The van der Waals surface area contributed by atoms with E-state index in [1.54, 1.807) is 6.07 Å². The fourth-order valence-electron chi connectivity index (χ4n) is 4.34. The van der Waals surface area contributed by atoms with Gasteiger partial charge in [-0.1, -0.05) is 32.4 Å². The molecule has 1 saturated heterocycles. The minimum Gasteiger partial charge on any atom is -0.462 e. The van der Waals surface area contributed by atoms with E-state index in [4.69, 9.17) is 16.3 Å². The zero-order valence-corrected chi connectivity index (χ0v) is 19.0. The first-order valence-electron chi connectivity index (χ1n) is 10.4. The van der Waals surface area contributed by atoms with Gasteiger partial charge in [0.15, 0.2) is 0 Å². The summed E-state index contributed by atoms with van der Waals surface area (Å²) in [7, 11) is -3.70. The third-order valence-corrected chi connectivity index (χ3v) is 8.66. The molecular formula is C21H31ClN2O4S. The minimum absolute atomic E-state index is 0.00272. The van der Waals surface area contributed by atoms with Gasteiger partial charge in [-0.2, -0.15) is 4.31 Å². The monoisotopic (exact) mass is 442 g/mol. The highest BCUT2D eigenvalue weighted by Crippen LogP contribution is 2.39. The molecule has 8 heteroatoms. The number of nitrogens with zero attached hydrogens (tertiary/aromatic N) is 2. The smallest absolute Gasteiger partial charge is 0.309 e. The van der Waals surface area contributed by atoms with E-state index in [1.165, 1.54) is 16.6 Å². The van der Waals surface area contributed by atoms with Crippen molar-refractivity contribution in [2.75, 3.05) is 13.1 Å². The number of piperidine rings is 1. The summed E-state index contributed by atoms with van der Waals surface area (Å²) in [6.07, 6.45) is 6.39. The van der Waals surface area contributed by atoms with E-state index >= 15 is 0 Å². The average Bonchev–Trinajstić information content (AvgIpc) is 2.68. The molecule has 29 heavy (non-hydrogen) atoms. The Hall–Kier alpha value is -1.18. The lowest BCUT2D eigenvalue weighted by molar-refractivity contribution is -0.157. The zero-order valence-electron chi connectivity index (χ0n) is 17.4. The standard InChI is InChI=1S/C21H31ClN2O4S/c1-21(2,3)16-6-8-17(9-7-16)28-20(25)15-10-13-24(14-11-15)29(26,27)18-5-4-12-23-19(18)22/h4-5,12,15-17H,6-11,13-14H2,1-3H3. The maximum Gasteiger partial charge on any atom is 0.309 e. The number of halogens is 1. The van der Waals surface area contributed by atoms with E-state index in [2.05, 4.69) is 25.8 Å². The normalized spacial score (nSPS) is 25.0. The van der Waals surface area contributed by atoms with Gasteiger partial charge in [0.1, 0.15) is 16.2 Å². The molecule has 0 bridgehead atoms. The highest BCUT2D eigenvalue weighted by atomic mass is 35.5. The summed E-state index contributed by atoms with van der Waals surface area (Å²) < 4.78 is 32.8. The number of hydrogen-bond acceptors (Lipinski definition) is 5. The second kappa shape index (κ2) is 8.90. The quantitative estimate of drug-likeness (QED) is 0.513. The van der Waals surface area contributed by atoms with Crippen molar-refractivity contribution >= 4 is 27.6 Å². The molecule has 1 aliphatic heterocycles. The van der Waals surface area contributed by atoms with E-state index in [1.807, 2.05) is 0 Å². The molecule has 0 spiro atoms. The molecule has 0 unspecified atom stereocenters. The van der Waals surface area contributed by atoms with Gasteiger partial charge >= 0.3 is 5.97 Å². The van der Waals surface area contributed by atoms with Crippen molar-refractivity contribution in [1.82, 2.24) is 9.29 Å². The van der Waals surface area contributed by atoms with Crippen LogP contribution in [0.1, 0.15) is 59.3 Å². The Morgan fingerprint density at radius 2 is 1.76 bits per heavy atom. The van der Waals surface area contributed by atoms with Gasteiger partial charge in [0, 0.05) is 19.3 Å². The Morgan fingerprint density at radius 3 is 2.31 bits per heavy atom. The van der Waals surface area contributed by atoms with Gasteiger partial charge in [0.05, 0.1) is 5.92 Å². The molecule has 2 fully saturated rings. The van der Waals surface area contributed by atoms with Gasteiger partial charge in [-0.15, -0.1) is 0 Å². The molecule has 0 aromatic carbocycles. The SMILES string of the molecule is CC(C)(C)C1CCC(OC(=O)C2CCN(S(=O)(=O)c3cccnc3Cl)CC2)CC1. The number of aromatic nitrogens is 1. The minimum atomic E-state index is -3.70. The van der Waals surface area contributed by atoms with E-state index in [0.717, 1.165) is 25.7 Å². The van der Waals surface area contributed by atoms with Crippen molar-refractivity contribution < 1.29 is 17.9 Å². The molecule has 0 N–H and O–H groups in total. The molecule has 1 aliphatic carbocycles. The fraction of sp³-hybridized carbons (Fsp3) is 0.714. The second-order valence-corrected chi connectivity index (χ2v) is 11.5. The fourth-order valence-corrected chi connectivity index (χ4v) is 6.24. The predicted octanol–water partition coefficient (Wildman–Crippen LogP) is 4.28. The van der Waals surface area contributed by atoms with Crippen LogP contribution in [0, 0.1) is 17.3 Å². The number of ether oxygens (including phenoxy) is 1. The van der Waals surface area contributed by atoms with Crippen LogP contribution in [-0.4, -0.2) is 42.9 Å². The zero-order chi connectivity index (χ0) is 21.2. The van der Waals surface area contributed by atoms with Crippen molar-refractivity contribution in [1.29, 1.82) is 0 Å². The van der Waals surface area contributed by atoms with Crippen LogP contribution in [0.15, 0.2) is 23.2 Å². The molecule has 162 valence electrons. The van der Waals surface area contributed by atoms with Crippen molar-refractivity contribution in [3.05, 3.63) is 23.5 Å². The molecule has 1 aromatic heterocycles. The first kappa shape index (κ1) is 22.5. The number of carbonyl (C=O) groups excluding carboxylic acids is 1. The van der Waals surface area contributed by atoms with E-state index in [-0.39, 0.29) is 41.1 Å². The Kier molecular flexibility index (Phi) is 6.91. The maximum atomic E-state index is 12.8. The lowest BCUT2D eigenvalue weighted by atomic mass is 9.72. The molecule has 0 amide bonds. The summed E-state index contributed by atoms with van der Waals surface area (Å²) in [6.45, 7) is 7.37. The van der Waals surface area contributed by atoms with Crippen molar-refractivity contribution in [2.24, 2.45) is 17.3 Å². The van der Waals surface area contributed by atoms with Crippen molar-refractivity contribution in [3.8, 4) is 0 Å². The van der Waals surface area contributed by atoms with Gasteiger partial charge in [0.25, 0.3) is 0 Å². The van der Waals surface area contributed by atoms with E-state index in [0.29, 0.717) is 24.2 Å². The van der Waals surface area contributed by atoms with Crippen molar-refractivity contribution in [3.63, 3.8) is 0 Å². The van der Waals surface area contributed by atoms with Gasteiger partial charge in [-0.3, -0.25) is 4.79 Å². The second-order valence-electron chi connectivity index (χ2n) is 9.25. The third kappa shape index (κ3) is 5.30. The van der Waals surface area contributed by atoms with Crippen molar-refractivity contribution in [2.45, 2.75) is 70.3 Å². The number of carbonyl (C=O) groups is 1. The van der Waals surface area contributed by atoms with Gasteiger partial charge in [-0.25, -0.2) is 13.4 Å². The summed E-state index contributed by atoms with van der Waals surface area (Å²) >= 11 is 5.96. The van der Waals surface area contributed by atoms with Crippen LogP contribution in [0.4, 0.5) is 0 Å². The van der Waals surface area contributed by atoms with E-state index in [9.17, 15) is 13.2 Å². The van der Waals surface area contributed by atoms with Crippen LogP contribution in [0.3, 0.4) is 0 Å².